The van der Waals surface area contributed by atoms with E-state index >= 15 is 0 Å². The molecule has 0 radical (unpaired) electrons. The number of aliphatic hydroxyl groups is 2. The lowest BCUT2D eigenvalue weighted by Gasteiger charge is -1.86. The van der Waals surface area contributed by atoms with Crippen LogP contribution in [0.5, 0.6) is 0 Å². The highest BCUT2D eigenvalue weighted by molar-refractivity contribution is 4.73. The van der Waals surface area contributed by atoms with Gasteiger partial charge < -0.3 is 14.9 Å². The number of aliphatic hydroxyl groups excluding tert-OH is 2. The average molecular weight is 206 g/mol. The largest absolute Gasteiger partial charge is 0.394 e. The van der Waals surface area contributed by atoms with Crippen molar-refractivity contribution in [3.63, 3.8) is 0 Å². The van der Waals surface area contributed by atoms with Crippen molar-refractivity contribution >= 4 is 0 Å². The Balaban J connectivity index is -0.000000131. The summed E-state index contributed by atoms with van der Waals surface area (Å²) < 4.78 is 4.83. The molecule has 0 aromatic rings. The molecule has 0 heterocycles. The SMILES string of the molecule is C/C=C/CC.CCOCC.OCCO. The first-order chi connectivity index (χ1) is 6.74. The van der Waals surface area contributed by atoms with Crippen molar-refractivity contribution in [2.45, 2.75) is 34.1 Å². The minimum Gasteiger partial charge on any atom is -0.394 e. The predicted molar refractivity (Wildman–Crippen MR) is 61.4 cm³/mol. The first-order valence-corrected chi connectivity index (χ1v) is 5.15. The van der Waals surface area contributed by atoms with Gasteiger partial charge in [0.1, 0.15) is 0 Å². The summed E-state index contributed by atoms with van der Waals surface area (Å²) >= 11 is 0. The normalized spacial score (nSPS) is 8.71. The van der Waals surface area contributed by atoms with Gasteiger partial charge in [0.2, 0.25) is 0 Å². The van der Waals surface area contributed by atoms with Gasteiger partial charge in [0, 0.05) is 13.2 Å². The molecule has 0 unspecified atom stereocenters. The maximum absolute atomic E-state index is 7.62. The lowest BCUT2D eigenvalue weighted by molar-refractivity contribution is 0.162. The first kappa shape index (κ1) is 19.2. The van der Waals surface area contributed by atoms with Gasteiger partial charge in [-0.1, -0.05) is 19.1 Å². The Bertz CT molecular complexity index is 78.6. The van der Waals surface area contributed by atoms with E-state index in [0.29, 0.717) is 0 Å². The molecule has 0 bridgehead atoms. The van der Waals surface area contributed by atoms with E-state index in [1.807, 2.05) is 20.8 Å². The van der Waals surface area contributed by atoms with E-state index in [-0.39, 0.29) is 13.2 Å². The summed E-state index contributed by atoms with van der Waals surface area (Å²) in [7, 11) is 0. The molecule has 88 valence electrons. The maximum Gasteiger partial charge on any atom is 0.0662 e. The van der Waals surface area contributed by atoms with E-state index < -0.39 is 0 Å². The van der Waals surface area contributed by atoms with Crippen molar-refractivity contribution in [1.82, 2.24) is 0 Å². The van der Waals surface area contributed by atoms with Crippen LogP contribution in [0.1, 0.15) is 34.1 Å². The molecule has 0 fully saturated rings. The Labute approximate surface area is 88.4 Å². The molecule has 14 heavy (non-hydrogen) atoms. The third-order valence-electron chi connectivity index (χ3n) is 0.980. The van der Waals surface area contributed by atoms with Crippen LogP contribution in [0.15, 0.2) is 12.2 Å². The Morgan fingerprint density at radius 3 is 1.43 bits per heavy atom. The minimum absolute atomic E-state index is 0.125. The highest BCUT2D eigenvalue weighted by Crippen LogP contribution is 1.73. The average Bonchev–Trinajstić information content (AvgIpc) is 2.22. The third kappa shape index (κ3) is 61.4. The molecule has 2 N–H and O–H groups in total. The van der Waals surface area contributed by atoms with Crippen LogP contribution in [0.2, 0.25) is 0 Å². The summed E-state index contributed by atoms with van der Waals surface area (Å²) in [5.41, 5.74) is 0. The minimum atomic E-state index is -0.125. The van der Waals surface area contributed by atoms with Crippen LogP contribution in [-0.4, -0.2) is 36.6 Å². The lowest BCUT2D eigenvalue weighted by Crippen LogP contribution is -1.85. The molecule has 0 rings (SSSR count). The van der Waals surface area contributed by atoms with E-state index in [9.17, 15) is 0 Å². The Morgan fingerprint density at radius 2 is 1.43 bits per heavy atom. The molecule has 0 aliphatic carbocycles. The quantitative estimate of drug-likeness (QED) is 0.692. The van der Waals surface area contributed by atoms with Gasteiger partial charge in [-0.2, -0.15) is 0 Å². The smallest absolute Gasteiger partial charge is 0.0662 e. The van der Waals surface area contributed by atoms with E-state index in [1.54, 1.807) is 0 Å². The van der Waals surface area contributed by atoms with Crippen molar-refractivity contribution in [3.05, 3.63) is 12.2 Å². The second-order valence-corrected chi connectivity index (χ2v) is 2.21. The molecule has 0 atom stereocenters. The zero-order valence-electron chi connectivity index (χ0n) is 9.99. The van der Waals surface area contributed by atoms with Crippen LogP contribution in [-0.2, 0) is 4.74 Å². The maximum atomic E-state index is 7.62. The third-order valence-corrected chi connectivity index (χ3v) is 0.980. The van der Waals surface area contributed by atoms with Crippen LogP contribution in [0.3, 0.4) is 0 Å². The first-order valence-electron chi connectivity index (χ1n) is 5.15. The van der Waals surface area contributed by atoms with Crippen molar-refractivity contribution < 1.29 is 14.9 Å². The van der Waals surface area contributed by atoms with E-state index in [1.165, 1.54) is 0 Å². The Hall–Kier alpha value is -0.380. The molecule has 0 saturated heterocycles. The number of hydrogen-bond acceptors (Lipinski definition) is 3. The highest BCUT2D eigenvalue weighted by Gasteiger charge is 1.64. The summed E-state index contributed by atoms with van der Waals surface area (Å²) in [5.74, 6) is 0. The Kier molecular flexibility index (Phi) is 40.3. The summed E-state index contributed by atoms with van der Waals surface area (Å²) in [6.07, 6.45) is 5.34. The second kappa shape index (κ2) is 29.3. The van der Waals surface area contributed by atoms with E-state index in [2.05, 4.69) is 19.1 Å². The monoisotopic (exact) mass is 206 g/mol. The van der Waals surface area contributed by atoms with Crippen LogP contribution >= 0.6 is 0 Å². The van der Waals surface area contributed by atoms with Gasteiger partial charge in [-0.15, -0.1) is 0 Å². The van der Waals surface area contributed by atoms with Gasteiger partial charge in [-0.05, 0) is 27.2 Å². The van der Waals surface area contributed by atoms with Gasteiger partial charge in [0.25, 0.3) is 0 Å². The molecule has 0 aromatic heterocycles. The van der Waals surface area contributed by atoms with Crippen molar-refractivity contribution in [3.8, 4) is 0 Å². The molecular formula is C11H26O3. The van der Waals surface area contributed by atoms with Gasteiger partial charge in [0.05, 0.1) is 13.2 Å². The number of allylic oxidation sites excluding steroid dienone is 2. The van der Waals surface area contributed by atoms with Crippen molar-refractivity contribution in [1.29, 1.82) is 0 Å². The fourth-order valence-electron chi connectivity index (χ4n) is 0.440. The van der Waals surface area contributed by atoms with Crippen molar-refractivity contribution in [2.75, 3.05) is 26.4 Å². The lowest BCUT2D eigenvalue weighted by atomic mass is 10.4. The van der Waals surface area contributed by atoms with Crippen LogP contribution in [0.25, 0.3) is 0 Å². The number of rotatable bonds is 4. The standard InChI is InChI=1S/C5H10.C4H10O.C2H6O2/c2*1-3-5-4-2;3-1-2-4/h3,5H,4H2,1-2H3;3-4H2,1-2H3;3-4H,1-2H2/b5-3+;;. The van der Waals surface area contributed by atoms with Gasteiger partial charge in [-0.3, -0.25) is 0 Å². The second-order valence-electron chi connectivity index (χ2n) is 2.21. The zero-order valence-corrected chi connectivity index (χ0v) is 9.99. The van der Waals surface area contributed by atoms with Crippen LogP contribution in [0, 0.1) is 0 Å². The van der Waals surface area contributed by atoms with Crippen LogP contribution in [0.4, 0.5) is 0 Å². The topological polar surface area (TPSA) is 49.7 Å². The molecule has 0 aromatic carbocycles. The summed E-state index contributed by atoms with van der Waals surface area (Å²) in [5, 5.41) is 15.2. The zero-order chi connectivity index (χ0) is 11.7. The van der Waals surface area contributed by atoms with Crippen LogP contribution < -0.4 is 0 Å². The number of hydrogen-bond donors (Lipinski definition) is 2. The molecule has 0 saturated carbocycles. The van der Waals surface area contributed by atoms with E-state index in [4.69, 9.17) is 14.9 Å². The van der Waals surface area contributed by atoms with Crippen molar-refractivity contribution in [2.24, 2.45) is 0 Å². The highest BCUT2D eigenvalue weighted by atomic mass is 16.5. The molecule has 3 heteroatoms. The summed E-state index contributed by atoms with van der Waals surface area (Å²) in [6, 6.07) is 0. The summed E-state index contributed by atoms with van der Waals surface area (Å²) in [4.78, 5) is 0. The van der Waals surface area contributed by atoms with Gasteiger partial charge in [0.15, 0.2) is 0 Å². The molecular weight excluding hydrogens is 180 g/mol. The molecule has 0 spiro atoms. The number of ether oxygens (including phenoxy) is 1. The summed E-state index contributed by atoms with van der Waals surface area (Å²) in [6.45, 7) is 9.57. The molecule has 0 aliphatic rings. The molecule has 3 nitrogen and oxygen atoms in total. The van der Waals surface area contributed by atoms with Gasteiger partial charge >= 0.3 is 0 Å². The Morgan fingerprint density at radius 1 is 1.00 bits per heavy atom. The van der Waals surface area contributed by atoms with E-state index in [0.717, 1.165) is 19.6 Å². The molecule has 0 amide bonds. The fourth-order valence-corrected chi connectivity index (χ4v) is 0.440. The molecule has 0 aliphatic heterocycles. The van der Waals surface area contributed by atoms with Gasteiger partial charge in [-0.25, -0.2) is 0 Å². The predicted octanol–water partition coefficient (Wildman–Crippen LogP) is 1.99. The fraction of sp³-hybridized carbons (Fsp3) is 0.818.